The van der Waals surface area contributed by atoms with Crippen LogP contribution in [0.2, 0.25) is 0 Å². The lowest BCUT2D eigenvalue weighted by molar-refractivity contribution is 0.619. The van der Waals surface area contributed by atoms with Crippen molar-refractivity contribution in [1.82, 2.24) is 29.1 Å². The van der Waals surface area contributed by atoms with Crippen molar-refractivity contribution < 1.29 is 0 Å². The van der Waals surface area contributed by atoms with Crippen molar-refractivity contribution in [3.05, 3.63) is 51.4 Å². The van der Waals surface area contributed by atoms with Crippen LogP contribution in [0, 0.1) is 0 Å². The van der Waals surface area contributed by atoms with Crippen LogP contribution in [0.1, 0.15) is 5.69 Å². The maximum atomic E-state index is 12.8. The van der Waals surface area contributed by atoms with Crippen LogP contribution in [0.4, 0.5) is 0 Å². The number of nitrogens with zero attached hydrogens (tertiary/aromatic N) is 6. The van der Waals surface area contributed by atoms with E-state index in [1.165, 1.54) is 4.68 Å². The van der Waals surface area contributed by atoms with Gasteiger partial charge in [0.25, 0.3) is 5.56 Å². The third kappa shape index (κ3) is 2.17. The van der Waals surface area contributed by atoms with Gasteiger partial charge in [0.05, 0.1) is 30.1 Å². The third-order valence-electron chi connectivity index (χ3n) is 3.94. The first kappa shape index (κ1) is 14.1. The van der Waals surface area contributed by atoms with Crippen LogP contribution >= 0.6 is 15.9 Å². The highest BCUT2D eigenvalue weighted by Gasteiger charge is 2.15. The van der Waals surface area contributed by atoms with E-state index in [0.29, 0.717) is 12.1 Å². The zero-order chi connectivity index (χ0) is 16.1. The lowest BCUT2D eigenvalue weighted by atomic mass is 10.2. The summed E-state index contributed by atoms with van der Waals surface area (Å²) >= 11 is 3.37. The number of rotatable bonds is 2. The molecule has 4 rings (SSSR count). The zero-order valence-corrected chi connectivity index (χ0v) is 14.1. The molecule has 0 aliphatic rings. The predicted octanol–water partition coefficient (Wildman–Crippen LogP) is 1.83. The number of aromatic nitrogens is 6. The van der Waals surface area contributed by atoms with E-state index in [2.05, 4.69) is 31.1 Å². The Bertz CT molecular complexity index is 1110. The summed E-state index contributed by atoms with van der Waals surface area (Å²) in [7, 11) is 3.71. The minimum Gasteiger partial charge on any atom is -0.338 e. The lowest BCUT2D eigenvalue weighted by Gasteiger charge is -2.03. The lowest BCUT2D eigenvalue weighted by Crippen LogP contribution is -2.24. The number of pyridine rings is 1. The van der Waals surface area contributed by atoms with E-state index in [4.69, 9.17) is 0 Å². The summed E-state index contributed by atoms with van der Waals surface area (Å²) < 4.78 is 5.74. The number of hydrogen-bond acceptors (Lipinski definition) is 4. The molecule has 116 valence electrons. The summed E-state index contributed by atoms with van der Waals surface area (Å²) in [6.45, 7) is 0.346. The smallest absolute Gasteiger partial charge is 0.291 e. The monoisotopic (exact) mass is 372 g/mol. The highest BCUT2D eigenvalue weighted by atomic mass is 79.9. The van der Waals surface area contributed by atoms with Gasteiger partial charge in [-0.15, -0.1) is 0 Å². The van der Waals surface area contributed by atoms with Gasteiger partial charge in [0.2, 0.25) is 0 Å². The quantitative estimate of drug-likeness (QED) is 0.503. The van der Waals surface area contributed by atoms with Crippen LogP contribution in [0.15, 0.2) is 40.1 Å². The van der Waals surface area contributed by atoms with Gasteiger partial charge in [-0.25, -0.2) is 9.67 Å². The molecule has 0 radical (unpaired) electrons. The molecule has 0 amide bonds. The van der Waals surface area contributed by atoms with Crippen molar-refractivity contribution in [3.8, 4) is 0 Å². The second-order valence-electron chi connectivity index (χ2n) is 5.43. The van der Waals surface area contributed by atoms with Gasteiger partial charge in [0.1, 0.15) is 10.1 Å². The van der Waals surface area contributed by atoms with Gasteiger partial charge in [-0.05, 0) is 28.1 Å². The molecule has 0 aliphatic carbocycles. The van der Waals surface area contributed by atoms with Gasteiger partial charge in [-0.3, -0.25) is 9.48 Å². The largest absolute Gasteiger partial charge is 0.338 e. The molecule has 0 saturated heterocycles. The van der Waals surface area contributed by atoms with E-state index in [0.717, 1.165) is 26.6 Å². The minimum atomic E-state index is -0.136. The number of fused-ring (bicyclic) bond motifs is 3. The second-order valence-corrected chi connectivity index (χ2v) is 6.25. The van der Waals surface area contributed by atoms with Crippen molar-refractivity contribution in [2.75, 3.05) is 0 Å². The Kier molecular flexibility index (Phi) is 3.08. The molecule has 8 heteroatoms. The van der Waals surface area contributed by atoms with Crippen LogP contribution in [0.25, 0.3) is 21.8 Å². The summed E-state index contributed by atoms with van der Waals surface area (Å²) in [5, 5.41) is 10.4. The highest BCUT2D eigenvalue weighted by Crippen LogP contribution is 2.26. The Labute approximate surface area is 139 Å². The van der Waals surface area contributed by atoms with Gasteiger partial charge in [0, 0.05) is 31.1 Å². The molecule has 0 N–H and O–H groups in total. The van der Waals surface area contributed by atoms with Gasteiger partial charge in [0.15, 0.2) is 0 Å². The minimum absolute atomic E-state index is 0.136. The Hall–Kier alpha value is -2.48. The molecule has 0 fully saturated rings. The van der Waals surface area contributed by atoms with E-state index < -0.39 is 0 Å². The van der Waals surface area contributed by atoms with Crippen molar-refractivity contribution in [2.24, 2.45) is 14.1 Å². The fraction of sp³-hybridized carbons (Fsp3) is 0.200. The molecule has 0 spiro atoms. The van der Waals surface area contributed by atoms with Gasteiger partial charge in [-0.2, -0.15) is 10.2 Å². The summed E-state index contributed by atoms with van der Waals surface area (Å²) in [5.74, 6) is 0. The van der Waals surface area contributed by atoms with Crippen LogP contribution in [-0.4, -0.2) is 29.1 Å². The van der Waals surface area contributed by atoms with Gasteiger partial charge >= 0.3 is 0 Å². The Morgan fingerprint density at radius 1 is 1.22 bits per heavy atom. The number of aryl methyl sites for hydroxylation is 2. The van der Waals surface area contributed by atoms with E-state index in [1.807, 2.05) is 37.0 Å². The topological polar surface area (TPSA) is 70.5 Å². The van der Waals surface area contributed by atoms with Crippen LogP contribution < -0.4 is 5.56 Å². The normalized spacial score (nSPS) is 11.6. The maximum Gasteiger partial charge on any atom is 0.291 e. The predicted molar refractivity (Wildman–Crippen MR) is 90.3 cm³/mol. The maximum absolute atomic E-state index is 12.8. The fourth-order valence-electron chi connectivity index (χ4n) is 2.84. The summed E-state index contributed by atoms with van der Waals surface area (Å²) in [5.41, 5.74) is 2.18. The molecule has 7 nitrogen and oxygen atoms in total. The van der Waals surface area contributed by atoms with Crippen molar-refractivity contribution in [2.45, 2.75) is 6.54 Å². The molecule has 0 unspecified atom stereocenters. The summed E-state index contributed by atoms with van der Waals surface area (Å²) in [4.78, 5) is 17.1. The number of halogens is 1. The molecular weight excluding hydrogens is 360 g/mol. The molecule has 0 saturated carbocycles. The van der Waals surface area contributed by atoms with Crippen LogP contribution in [-0.2, 0) is 20.6 Å². The fourth-order valence-corrected chi connectivity index (χ4v) is 3.17. The molecule has 0 atom stereocenters. The Morgan fingerprint density at radius 3 is 2.78 bits per heavy atom. The van der Waals surface area contributed by atoms with E-state index in [9.17, 15) is 4.79 Å². The van der Waals surface area contributed by atoms with E-state index in [1.54, 1.807) is 17.1 Å². The Balaban J connectivity index is 1.96. The first-order valence-corrected chi connectivity index (χ1v) is 7.82. The summed E-state index contributed by atoms with van der Waals surface area (Å²) in [6.07, 6.45) is 5.33. The third-order valence-corrected chi connectivity index (χ3v) is 4.37. The van der Waals surface area contributed by atoms with Crippen LogP contribution in [0.5, 0.6) is 0 Å². The zero-order valence-electron chi connectivity index (χ0n) is 12.6. The average Bonchev–Trinajstić information content (AvgIpc) is 3.04. The van der Waals surface area contributed by atoms with Gasteiger partial charge in [-0.1, -0.05) is 0 Å². The second kappa shape index (κ2) is 5.02. The van der Waals surface area contributed by atoms with Crippen molar-refractivity contribution in [3.63, 3.8) is 0 Å². The molecule has 4 aromatic rings. The molecule has 0 aromatic carbocycles. The summed E-state index contributed by atoms with van der Waals surface area (Å²) in [6, 6.07) is 3.78. The molecule has 0 aliphatic heterocycles. The SMILES string of the molecule is Cn1ccc(Cn2ncc3c4cc(Br)ncc4n(C)c3c2=O)n1. The average molecular weight is 373 g/mol. The first-order chi connectivity index (χ1) is 11.0. The molecular formula is C15H13BrN6O. The van der Waals surface area contributed by atoms with E-state index in [-0.39, 0.29) is 5.56 Å². The molecule has 0 bridgehead atoms. The molecule has 4 aromatic heterocycles. The standard InChI is InChI=1S/C15H13BrN6O/c1-20-4-3-9(19-20)8-22-15(23)14-11(6-18-22)10-5-13(16)17-7-12(10)21(14)2/h3-7H,8H2,1-2H3. The molecule has 23 heavy (non-hydrogen) atoms. The van der Waals surface area contributed by atoms with E-state index >= 15 is 0 Å². The first-order valence-electron chi connectivity index (χ1n) is 7.03. The van der Waals surface area contributed by atoms with Crippen molar-refractivity contribution in [1.29, 1.82) is 0 Å². The van der Waals surface area contributed by atoms with Crippen molar-refractivity contribution >= 4 is 37.7 Å². The highest BCUT2D eigenvalue weighted by molar-refractivity contribution is 9.10. The van der Waals surface area contributed by atoms with Gasteiger partial charge < -0.3 is 4.57 Å². The number of hydrogen-bond donors (Lipinski definition) is 0. The Morgan fingerprint density at radius 2 is 2.04 bits per heavy atom. The van der Waals surface area contributed by atoms with Crippen LogP contribution in [0.3, 0.4) is 0 Å². The molecule has 4 heterocycles.